The van der Waals surface area contributed by atoms with Gasteiger partial charge in [-0.25, -0.2) is 9.18 Å². The maximum atomic E-state index is 13.3. The lowest BCUT2D eigenvalue weighted by Crippen LogP contribution is -2.30. The summed E-state index contributed by atoms with van der Waals surface area (Å²) in [5, 5.41) is 2.62. The molecule has 2 rings (SSSR count). The lowest BCUT2D eigenvalue weighted by atomic mass is 10.2. The van der Waals surface area contributed by atoms with Crippen molar-refractivity contribution in [2.45, 2.75) is 6.42 Å². The quantitative estimate of drug-likeness (QED) is 0.819. The molecule has 19 heavy (non-hydrogen) atoms. The predicted octanol–water partition coefficient (Wildman–Crippen LogP) is 1.40. The molecular formula is C13H15FN2O3. The Morgan fingerprint density at radius 3 is 2.89 bits per heavy atom. The Bertz CT molecular complexity index is 479. The molecule has 6 heteroatoms. The van der Waals surface area contributed by atoms with Crippen LogP contribution in [0.4, 0.5) is 9.18 Å². The minimum atomic E-state index is -0.539. The van der Waals surface area contributed by atoms with E-state index in [1.54, 1.807) is 11.0 Å². The Hall–Kier alpha value is -2.11. The van der Waals surface area contributed by atoms with Crippen LogP contribution in [0.1, 0.15) is 16.8 Å². The maximum absolute atomic E-state index is 13.3. The number of cyclic esters (lactones) is 1. The molecule has 0 aliphatic carbocycles. The van der Waals surface area contributed by atoms with E-state index in [9.17, 15) is 14.0 Å². The number of carbonyl (C=O) groups is 2. The Morgan fingerprint density at radius 1 is 1.42 bits per heavy atom. The average Bonchev–Trinajstić information content (AvgIpc) is 2.80. The summed E-state index contributed by atoms with van der Waals surface area (Å²) in [4.78, 5) is 24.4. The van der Waals surface area contributed by atoms with Gasteiger partial charge in [0.2, 0.25) is 0 Å². The van der Waals surface area contributed by atoms with Gasteiger partial charge in [0.25, 0.3) is 5.91 Å². The zero-order chi connectivity index (χ0) is 13.7. The van der Waals surface area contributed by atoms with Crippen molar-refractivity contribution in [2.24, 2.45) is 0 Å². The van der Waals surface area contributed by atoms with Crippen LogP contribution in [0.2, 0.25) is 0 Å². The molecule has 0 saturated carbocycles. The Labute approximate surface area is 110 Å². The summed E-state index contributed by atoms with van der Waals surface area (Å²) in [6, 6.07) is 5.82. The van der Waals surface area contributed by atoms with E-state index in [4.69, 9.17) is 4.74 Å². The van der Waals surface area contributed by atoms with Crippen LogP contribution in [0.3, 0.4) is 0 Å². The van der Waals surface area contributed by atoms with Crippen LogP contribution in [0.25, 0.3) is 0 Å². The van der Waals surface area contributed by atoms with Crippen molar-refractivity contribution < 1.29 is 18.7 Å². The van der Waals surface area contributed by atoms with Crippen molar-refractivity contribution in [1.29, 1.82) is 0 Å². The first kappa shape index (κ1) is 13.3. The lowest BCUT2D eigenvalue weighted by molar-refractivity contribution is 0.0948. The molecule has 1 saturated heterocycles. The van der Waals surface area contributed by atoms with Gasteiger partial charge in [-0.1, -0.05) is 12.1 Å². The molecule has 5 nitrogen and oxygen atoms in total. The Balaban J connectivity index is 1.72. The largest absolute Gasteiger partial charge is 0.448 e. The first-order valence-corrected chi connectivity index (χ1v) is 6.13. The normalized spacial score (nSPS) is 14.4. The van der Waals surface area contributed by atoms with Gasteiger partial charge in [-0.3, -0.25) is 4.79 Å². The first-order chi connectivity index (χ1) is 9.18. The highest BCUT2D eigenvalue weighted by Gasteiger charge is 2.20. The summed E-state index contributed by atoms with van der Waals surface area (Å²) in [6.07, 6.45) is 0.287. The number of hydrogen-bond donors (Lipinski definition) is 1. The molecule has 1 aliphatic heterocycles. The molecule has 1 aromatic rings. The minimum Gasteiger partial charge on any atom is -0.448 e. The molecule has 1 fully saturated rings. The summed E-state index contributed by atoms with van der Waals surface area (Å²) >= 11 is 0. The van der Waals surface area contributed by atoms with E-state index in [0.717, 1.165) is 0 Å². The van der Waals surface area contributed by atoms with Gasteiger partial charge in [0.15, 0.2) is 0 Å². The maximum Gasteiger partial charge on any atom is 0.409 e. The SMILES string of the molecule is O=C(NCCCN1CCOC1=O)c1ccccc1F. The third kappa shape index (κ3) is 3.43. The first-order valence-electron chi connectivity index (χ1n) is 6.13. The van der Waals surface area contributed by atoms with E-state index in [1.807, 2.05) is 0 Å². The second kappa shape index (κ2) is 6.17. The highest BCUT2D eigenvalue weighted by molar-refractivity contribution is 5.94. The van der Waals surface area contributed by atoms with Gasteiger partial charge in [0.1, 0.15) is 12.4 Å². The number of carbonyl (C=O) groups excluding carboxylic acids is 2. The van der Waals surface area contributed by atoms with Gasteiger partial charge in [-0.2, -0.15) is 0 Å². The molecule has 102 valence electrons. The smallest absolute Gasteiger partial charge is 0.409 e. The molecule has 0 spiro atoms. The van der Waals surface area contributed by atoms with Gasteiger partial charge in [0.05, 0.1) is 12.1 Å². The van der Waals surface area contributed by atoms with Crippen LogP contribution in [0, 0.1) is 5.82 Å². The molecule has 0 unspecified atom stereocenters. The second-order valence-electron chi connectivity index (χ2n) is 4.19. The van der Waals surface area contributed by atoms with Crippen LogP contribution in [-0.2, 0) is 4.74 Å². The molecular weight excluding hydrogens is 251 g/mol. The number of halogens is 1. The molecule has 1 heterocycles. The van der Waals surface area contributed by atoms with E-state index in [1.165, 1.54) is 18.2 Å². The molecule has 0 aromatic heterocycles. The molecule has 1 aliphatic rings. The van der Waals surface area contributed by atoms with Crippen LogP contribution < -0.4 is 5.32 Å². The summed E-state index contributed by atoms with van der Waals surface area (Å²) in [5.74, 6) is -0.981. The Kier molecular flexibility index (Phi) is 4.33. The Morgan fingerprint density at radius 2 is 2.21 bits per heavy atom. The van der Waals surface area contributed by atoms with Crippen molar-refractivity contribution in [3.05, 3.63) is 35.6 Å². The predicted molar refractivity (Wildman–Crippen MR) is 66.3 cm³/mol. The summed E-state index contributed by atoms with van der Waals surface area (Å²) < 4.78 is 18.1. The second-order valence-corrected chi connectivity index (χ2v) is 4.19. The number of benzene rings is 1. The lowest BCUT2D eigenvalue weighted by Gasteiger charge is -2.12. The zero-order valence-electron chi connectivity index (χ0n) is 10.4. The third-order valence-corrected chi connectivity index (χ3v) is 2.85. The summed E-state index contributed by atoms with van der Waals surface area (Å²) in [6.45, 7) is 1.91. The van der Waals surface area contributed by atoms with Crippen molar-refractivity contribution in [2.75, 3.05) is 26.2 Å². The standard InChI is InChI=1S/C13H15FN2O3/c14-11-5-2-1-4-10(11)12(17)15-6-3-7-16-8-9-19-13(16)18/h1-2,4-5H,3,6-9H2,(H,15,17). The van der Waals surface area contributed by atoms with Crippen molar-refractivity contribution in [3.8, 4) is 0 Å². The fraction of sp³-hybridized carbons (Fsp3) is 0.385. The van der Waals surface area contributed by atoms with Gasteiger partial charge in [-0.05, 0) is 18.6 Å². The summed E-state index contributed by atoms with van der Waals surface area (Å²) in [7, 11) is 0. The van der Waals surface area contributed by atoms with Crippen molar-refractivity contribution in [1.82, 2.24) is 10.2 Å². The number of ether oxygens (including phenoxy) is 1. The zero-order valence-corrected chi connectivity index (χ0v) is 10.4. The van der Waals surface area contributed by atoms with E-state index in [-0.39, 0.29) is 11.7 Å². The molecule has 0 atom stereocenters. The van der Waals surface area contributed by atoms with Gasteiger partial charge >= 0.3 is 6.09 Å². The highest BCUT2D eigenvalue weighted by atomic mass is 19.1. The summed E-state index contributed by atoms with van der Waals surface area (Å²) in [5.41, 5.74) is 0.0306. The van der Waals surface area contributed by atoms with E-state index >= 15 is 0 Å². The topological polar surface area (TPSA) is 58.6 Å². The monoisotopic (exact) mass is 266 g/mol. The van der Waals surface area contributed by atoms with E-state index in [0.29, 0.717) is 32.7 Å². The van der Waals surface area contributed by atoms with Crippen LogP contribution in [0.15, 0.2) is 24.3 Å². The number of rotatable bonds is 5. The van der Waals surface area contributed by atoms with Gasteiger partial charge in [-0.15, -0.1) is 0 Å². The number of nitrogens with one attached hydrogen (secondary N) is 1. The number of amides is 2. The molecule has 1 N–H and O–H groups in total. The minimum absolute atomic E-state index is 0.0306. The molecule has 0 radical (unpaired) electrons. The van der Waals surface area contributed by atoms with Crippen molar-refractivity contribution >= 4 is 12.0 Å². The van der Waals surface area contributed by atoms with E-state index in [2.05, 4.69) is 5.32 Å². The van der Waals surface area contributed by atoms with Crippen LogP contribution in [0.5, 0.6) is 0 Å². The molecule has 1 aromatic carbocycles. The fourth-order valence-corrected chi connectivity index (χ4v) is 1.84. The van der Waals surface area contributed by atoms with Gasteiger partial charge < -0.3 is 15.0 Å². The third-order valence-electron chi connectivity index (χ3n) is 2.85. The highest BCUT2D eigenvalue weighted by Crippen LogP contribution is 2.06. The van der Waals surface area contributed by atoms with Crippen molar-refractivity contribution in [3.63, 3.8) is 0 Å². The van der Waals surface area contributed by atoms with Crippen LogP contribution >= 0.6 is 0 Å². The average molecular weight is 266 g/mol. The fourth-order valence-electron chi connectivity index (χ4n) is 1.84. The van der Waals surface area contributed by atoms with E-state index < -0.39 is 11.7 Å². The van der Waals surface area contributed by atoms with Crippen LogP contribution in [-0.4, -0.2) is 43.1 Å². The number of nitrogens with zero attached hydrogens (tertiary/aromatic N) is 1. The molecule has 0 bridgehead atoms. The molecule has 2 amide bonds. The van der Waals surface area contributed by atoms with Gasteiger partial charge in [0, 0.05) is 13.1 Å². The number of hydrogen-bond acceptors (Lipinski definition) is 3.